The molecular formula is C22H23ClF2N4O. The van der Waals surface area contributed by atoms with Crippen molar-refractivity contribution in [3.05, 3.63) is 59.4 Å². The van der Waals surface area contributed by atoms with Crippen LogP contribution >= 0.6 is 12.4 Å². The van der Waals surface area contributed by atoms with E-state index in [9.17, 15) is 13.6 Å². The molecule has 1 N–H and O–H groups in total. The van der Waals surface area contributed by atoms with Crippen molar-refractivity contribution in [1.29, 1.82) is 0 Å². The minimum Gasteiger partial charge on any atom is -0.354 e. The van der Waals surface area contributed by atoms with Gasteiger partial charge in [-0.2, -0.15) is 0 Å². The molecule has 1 fully saturated rings. The summed E-state index contributed by atoms with van der Waals surface area (Å²) in [6, 6.07) is 7.22. The van der Waals surface area contributed by atoms with Gasteiger partial charge in [0.05, 0.1) is 11.3 Å². The first-order valence-corrected chi connectivity index (χ1v) is 9.70. The van der Waals surface area contributed by atoms with E-state index in [4.69, 9.17) is 0 Å². The largest absolute Gasteiger partial charge is 0.354 e. The molecule has 0 saturated carbocycles. The minimum absolute atomic E-state index is 0. The predicted molar refractivity (Wildman–Crippen MR) is 115 cm³/mol. The third kappa shape index (κ3) is 4.36. The van der Waals surface area contributed by atoms with Crippen LogP contribution in [-0.4, -0.2) is 33.9 Å². The number of benzene rings is 1. The smallest absolute Gasteiger partial charge is 0.257 e. The Morgan fingerprint density at radius 2 is 2.00 bits per heavy atom. The SMILES string of the molecule is Cc1ccc2c(Nc3ccc(F)c(F)c3)c(C(=O)N3CCCC(C)C3)cnc2n1.Cl. The molecule has 1 saturated heterocycles. The number of nitrogens with one attached hydrogen (secondary N) is 1. The molecule has 0 spiro atoms. The maximum Gasteiger partial charge on any atom is 0.257 e. The number of piperidine rings is 1. The maximum atomic E-state index is 13.7. The number of nitrogens with zero attached hydrogens (tertiary/aromatic N) is 3. The Bertz CT molecular complexity index is 1090. The Hall–Kier alpha value is -2.80. The van der Waals surface area contributed by atoms with Crippen LogP contribution < -0.4 is 5.32 Å². The Morgan fingerprint density at radius 3 is 2.73 bits per heavy atom. The van der Waals surface area contributed by atoms with Gasteiger partial charge in [-0.25, -0.2) is 18.7 Å². The van der Waals surface area contributed by atoms with Crippen LogP contribution in [0.25, 0.3) is 11.0 Å². The second-order valence-electron chi connectivity index (χ2n) is 7.62. The fourth-order valence-corrected chi connectivity index (χ4v) is 3.73. The zero-order valence-corrected chi connectivity index (χ0v) is 17.6. The molecule has 1 atom stereocenters. The normalized spacial score (nSPS) is 16.3. The van der Waals surface area contributed by atoms with Crippen molar-refractivity contribution < 1.29 is 13.6 Å². The molecule has 1 amide bonds. The van der Waals surface area contributed by atoms with Crippen LogP contribution in [0.5, 0.6) is 0 Å². The number of carbonyl (C=O) groups excluding carboxylic acids is 1. The molecule has 5 nitrogen and oxygen atoms in total. The van der Waals surface area contributed by atoms with Crippen molar-refractivity contribution in [1.82, 2.24) is 14.9 Å². The Morgan fingerprint density at radius 1 is 1.20 bits per heavy atom. The lowest BCUT2D eigenvalue weighted by atomic mass is 9.99. The number of pyridine rings is 2. The van der Waals surface area contributed by atoms with Crippen LogP contribution in [0.3, 0.4) is 0 Å². The van der Waals surface area contributed by atoms with E-state index in [0.29, 0.717) is 47.0 Å². The highest BCUT2D eigenvalue weighted by Gasteiger charge is 2.25. The summed E-state index contributed by atoms with van der Waals surface area (Å²) in [6.45, 7) is 5.37. The van der Waals surface area contributed by atoms with Gasteiger partial charge in [0, 0.05) is 42.1 Å². The van der Waals surface area contributed by atoms with Gasteiger partial charge < -0.3 is 10.2 Å². The van der Waals surface area contributed by atoms with Gasteiger partial charge in [-0.05, 0) is 49.9 Å². The molecule has 1 aromatic carbocycles. The summed E-state index contributed by atoms with van der Waals surface area (Å²) >= 11 is 0. The van der Waals surface area contributed by atoms with E-state index in [1.54, 1.807) is 0 Å². The number of amides is 1. The van der Waals surface area contributed by atoms with Crippen molar-refractivity contribution in [2.24, 2.45) is 5.92 Å². The third-order valence-electron chi connectivity index (χ3n) is 5.23. The average Bonchev–Trinajstić information content (AvgIpc) is 2.70. The first-order valence-electron chi connectivity index (χ1n) is 9.70. The van der Waals surface area contributed by atoms with Crippen molar-refractivity contribution in [2.45, 2.75) is 26.7 Å². The lowest BCUT2D eigenvalue weighted by Gasteiger charge is -2.31. The second kappa shape index (κ2) is 8.92. The Balaban J connectivity index is 0.00000256. The summed E-state index contributed by atoms with van der Waals surface area (Å²) in [6.07, 6.45) is 3.57. The van der Waals surface area contributed by atoms with Gasteiger partial charge in [-0.3, -0.25) is 4.79 Å². The maximum absolute atomic E-state index is 13.7. The number of hydrogen-bond donors (Lipinski definition) is 1. The lowest BCUT2D eigenvalue weighted by molar-refractivity contribution is 0.0684. The fourth-order valence-electron chi connectivity index (χ4n) is 3.73. The summed E-state index contributed by atoms with van der Waals surface area (Å²) in [5.74, 6) is -1.57. The van der Waals surface area contributed by atoms with Gasteiger partial charge in [0.15, 0.2) is 17.3 Å². The predicted octanol–water partition coefficient (Wildman–Crippen LogP) is 5.25. The van der Waals surface area contributed by atoms with Crippen LogP contribution in [0.1, 0.15) is 35.8 Å². The van der Waals surface area contributed by atoms with E-state index in [0.717, 1.165) is 30.7 Å². The van der Waals surface area contributed by atoms with Crippen molar-refractivity contribution >= 4 is 40.7 Å². The summed E-state index contributed by atoms with van der Waals surface area (Å²) < 4.78 is 27.1. The van der Waals surface area contributed by atoms with Gasteiger partial charge in [0.25, 0.3) is 5.91 Å². The van der Waals surface area contributed by atoms with Crippen LogP contribution in [0.2, 0.25) is 0 Å². The highest BCUT2D eigenvalue weighted by atomic mass is 35.5. The van der Waals surface area contributed by atoms with Gasteiger partial charge in [-0.15, -0.1) is 12.4 Å². The van der Waals surface area contributed by atoms with Gasteiger partial charge in [0.1, 0.15) is 0 Å². The lowest BCUT2D eigenvalue weighted by Crippen LogP contribution is -2.39. The quantitative estimate of drug-likeness (QED) is 0.613. The second-order valence-corrected chi connectivity index (χ2v) is 7.62. The molecule has 2 aromatic heterocycles. The molecule has 3 aromatic rings. The van der Waals surface area contributed by atoms with E-state index in [1.807, 2.05) is 24.0 Å². The zero-order valence-electron chi connectivity index (χ0n) is 16.8. The Kier molecular flexibility index (Phi) is 6.51. The molecule has 0 radical (unpaired) electrons. The van der Waals surface area contributed by atoms with Crippen molar-refractivity contribution in [3.63, 3.8) is 0 Å². The zero-order chi connectivity index (χ0) is 20.5. The number of aromatic nitrogens is 2. The third-order valence-corrected chi connectivity index (χ3v) is 5.23. The van der Waals surface area contributed by atoms with Crippen molar-refractivity contribution in [3.8, 4) is 0 Å². The first-order chi connectivity index (χ1) is 13.9. The first kappa shape index (κ1) is 21.9. The molecule has 0 aliphatic carbocycles. The topological polar surface area (TPSA) is 58.1 Å². The number of hydrogen-bond acceptors (Lipinski definition) is 4. The van der Waals surface area contributed by atoms with E-state index in [2.05, 4.69) is 22.2 Å². The van der Waals surface area contributed by atoms with Gasteiger partial charge in [0.2, 0.25) is 0 Å². The van der Waals surface area contributed by atoms with Gasteiger partial charge >= 0.3 is 0 Å². The van der Waals surface area contributed by atoms with E-state index in [-0.39, 0.29) is 18.3 Å². The molecule has 1 unspecified atom stereocenters. The number of carbonyl (C=O) groups is 1. The molecule has 1 aliphatic heterocycles. The average molecular weight is 433 g/mol. The number of anilines is 2. The van der Waals surface area contributed by atoms with Gasteiger partial charge in [-0.1, -0.05) is 6.92 Å². The minimum atomic E-state index is -0.958. The van der Waals surface area contributed by atoms with E-state index < -0.39 is 11.6 Å². The van der Waals surface area contributed by atoms with Crippen LogP contribution in [0.15, 0.2) is 36.5 Å². The highest BCUT2D eigenvalue weighted by Crippen LogP contribution is 2.31. The number of halogens is 3. The van der Waals surface area contributed by atoms with Crippen LogP contribution in [-0.2, 0) is 0 Å². The molecule has 3 heterocycles. The molecule has 1 aliphatic rings. The number of aryl methyl sites for hydroxylation is 1. The molecular weight excluding hydrogens is 410 g/mol. The fraction of sp³-hybridized carbons (Fsp3) is 0.318. The summed E-state index contributed by atoms with van der Waals surface area (Å²) in [7, 11) is 0. The standard InChI is InChI=1S/C22H22F2N4O.ClH/c1-13-4-3-9-28(12-13)22(29)17-11-25-21-16(7-5-14(2)26-21)20(17)27-15-6-8-18(23)19(24)10-15;/h5-8,10-11,13H,3-4,9,12H2,1-2H3,(H,25,26,27);1H. The summed E-state index contributed by atoms with van der Waals surface area (Å²) in [5.41, 5.74) is 2.52. The number of rotatable bonds is 3. The number of fused-ring (bicyclic) bond motifs is 1. The number of likely N-dealkylation sites (tertiary alicyclic amines) is 1. The molecule has 30 heavy (non-hydrogen) atoms. The Labute approximate surface area is 179 Å². The molecule has 158 valence electrons. The molecule has 0 bridgehead atoms. The summed E-state index contributed by atoms with van der Waals surface area (Å²) in [5, 5.41) is 3.75. The van der Waals surface area contributed by atoms with Crippen LogP contribution in [0, 0.1) is 24.5 Å². The highest BCUT2D eigenvalue weighted by molar-refractivity contribution is 6.07. The van der Waals surface area contributed by atoms with Crippen LogP contribution in [0.4, 0.5) is 20.2 Å². The van der Waals surface area contributed by atoms with E-state index >= 15 is 0 Å². The molecule has 4 rings (SSSR count). The summed E-state index contributed by atoms with van der Waals surface area (Å²) in [4.78, 5) is 23.9. The molecule has 8 heteroatoms. The monoisotopic (exact) mass is 432 g/mol. The van der Waals surface area contributed by atoms with Crippen molar-refractivity contribution in [2.75, 3.05) is 18.4 Å². The van der Waals surface area contributed by atoms with E-state index in [1.165, 1.54) is 12.3 Å².